The number of ether oxygens (including phenoxy) is 1. The van der Waals surface area contributed by atoms with Gasteiger partial charge >= 0.3 is 0 Å². The summed E-state index contributed by atoms with van der Waals surface area (Å²) in [6.45, 7) is 3.63. The normalized spacial score (nSPS) is 12.0. The van der Waals surface area contributed by atoms with Crippen molar-refractivity contribution in [3.63, 3.8) is 0 Å². The van der Waals surface area contributed by atoms with E-state index >= 15 is 0 Å². The number of rotatable bonds is 9. The molecule has 0 unspecified atom stereocenters. The number of nitrogens with one attached hydrogen (secondary N) is 2. The number of nitrogens with two attached hydrogens (primary N) is 1. The molecule has 0 aliphatic rings. The van der Waals surface area contributed by atoms with Crippen LogP contribution in [0.5, 0.6) is 0 Å². The van der Waals surface area contributed by atoms with E-state index in [2.05, 4.69) is 15.0 Å². The number of aliphatic imine (C=N–C) groups is 1. The van der Waals surface area contributed by atoms with E-state index in [-0.39, 0.29) is 29.7 Å². The fourth-order valence-electron chi connectivity index (χ4n) is 0.945. The number of hydrogen-bond acceptors (Lipinski definition) is 4. The van der Waals surface area contributed by atoms with E-state index in [4.69, 9.17) is 10.5 Å². The number of guanidine groups is 1. The molecule has 0 amide bonds. The molecule has 0 rings (SSSR count). The number of nitrogens with zero attached hydrogens (tertiary/aromatic N) is 1. The molecule has 4 N–H and O–H groups in total. The molecule has 0 saturated heterocycles. The minimum Gasteiger partial charge on any atom is -0.383 e. The van der Waals surface area contributed by atoms with Gasteiger partial charge in [0, 0.05) is 26.7 Å². The Morgan fingerprint density at radius 1 is 1.39 bits per heavy atom. The van der Waals surface area contributed by atoms with Crippen LogP contribution in [0.3, 0.4) is 0 Å². The van der Waals surface area contributed by atoms with Gasteiger partial charge in [-0.1, -0.05) is 0 Å². The topological polar surface area (TPSA) is 106 Å². The van der Waals surface area contributed by atoms with Crippen LogP contribution in [0.15, 0.2) is 4.99 Å². The molecule has 0 saturated carbocycles. The van der Waals surface area contributed by atoms with Crippen molar-refractivity contribution >= 4 is 40.0 Å². The molecule has 110 valence electrons. The molecule has 0 aliphatic heterocycles. The van der Waals surface area contributed by atoms with E-state index in [1.807, 2.05) is 0 Å². The summed E-state index contributed by atoms with van der Waals surface area (Å²) < 4.78 is 29.4. The maximum Gasteiger partial charge on any atom is 0.211 e. The maximum atomic E-state index is 11.1. The van der Waals surface area contributed by atoms with Gasteiger partial charge in [0.05, 0.1) is 12.4 Å². The molecule has 0 bridgehead atoms. The maximum absolute atomic E-state index is 11.1. The zero-order valence-corrected chi connectivity index (χ0v) is 14.0. The third-order valence-corrected chi connectivity index (χ3v) is 3.34. The highest BCUT2D eigenvalue weighted by molar-refractivity contribution is 14.0. The van der Waals surface area contributed by atoms with E-state index in [0.29, 0.717) is 38.6 Å². The quantitative estimate of drug-likeness (QED) is 0.211. The van der Waals surface area contributed by atoms with Crippen LogP contribution < -0.4 is 15.8 Å². The Morgan fingerprint density at radius 3 is 2.61 bits per heavy atom. The summed E-state index contributed by atoms with van der Waals surface area (Å²) >= 11 is 0. The van der Waals surface area contributed by atoms with Gasteiger partial charge in [-0.2, -0.15) is 0 Å². The summed E-state index contributed by atoms with van der Waals surface area (Å²) in [5.74, 6) is 0.442. The van der Waals surface area contributed by atoms with Crippen LogP contribution >= 0.6 is 24.0 Å². The third kappa shape index (κ3) is 12.3. The lowest BCUT2D eigenvalue weighted by Crippen LogP contribution is -2.34. The van der Waals surface area contributed by atoms with Gasteiger partial charge in [0.25, 0.3) is 0 Å². The second-order valence-corrected chi connectivity index (χ2v) is 5.43. The van der Waals surface area contributed by atoms with Crippen molar-refractivity contribution in [1.29, 1.82) is 0 Å². The van der Waals surface area contributed by atoms with Gasteiger partial charge in [0.15, 0.2) is 5.96 Å². The van der Waals surface area contributed by atoms with Crippen molar-refractivity contribution < 1.29 is 13.2 Å². The van der Waals surface area contributed by atoms with Gasteiger partial charge in [0.1, 0.15) is 0 Å². The Kier molecular flexibility index (Phi) is 13.4. The van der Waals surface area contributed by atoms with Gasteiger partial charge in [-0.25, -0.2) is 13.1 Å². The van der Waals surface area contributed by atoms with E-state index < -0.39 is 10.0 Å². The average Bonchev–Trinajstić information content (AvgIpc) is 2.29. The lowest BCUT2D eigenvalue weighted by molar-refractivity contribution is 0.204. The molecule has 0 aromatic rings. The van der Waals surface area contributed by atoms with Gasteiger partial charge in [0.2, 0.25) is 10.0 Å². The molecule has 0 atom stereocenters. The van der Waals surface area contributed by atoms with Crippen LogP contribution in [0.4, 0.5) is 0 Å². The summed E-state index contributed by atoms with van der Waals surface area (Å²) in [4.78, 5) is 4.03. The van der Waals surface area contributed by atoms with Crippen molar-refractivity contribution in [3.8, 4) is 0 Å². The number of halogens is 1. The first-order valence-corrected chi connectivity index (χ1v) is 7.17. The number of hydrogen-bond donors (Lipinski definition) is 3. The SMILES string of the molecule is CCS(=O)(=O)NCCCN=C(N)NCCOC.I. The van der Waals surface area contributed by atoms with E-state index in [1.165, 1.54) is 0 Å². The first kappa shape index (κ1) is 20.2. The molecular formula is C9H23IN4O3S. The molecule has 18 heavy (non-hydrogen) atoms. The van der Waals surface area contributed by atoms with Gasteiger partial charge in [-0.15, -0.1) is 24.0 Å². The molecule has 0 radical (unpaired) electrons. The summed E-state index contributed by atoms with van der Waals surface area (Å²) in [7, 11) is -1.49. The minimum atomic E-state index is -3.10. The average molecular weight is 394 g/mol. The summed E-state index contributed by atoms with van der Waals surface area (Å²) in [6.07, 6.45) is 0.617. The van der Waals surface area contributed by atoms with Crippen LogP contribution in [0.1, 0.15) is 13.3 Å². The molecule has 0 fully saturated rings. The zero-order chi connectivity index (χ0) is 13.1. The summed E-state index contributed by atoms with van der Waals surface area (Å²) in [6, 6.07) is 0. The predicted octanol–water partition coefficient (Wildman–Crippen LogP) is -0.515. The molecule has 0 aromatic carbocycles. The van der Waals surface area contributed by atoms with Gasteiger partial charge in [-0.05, 0) is 13.3 Å². The van der Waals surface area contributed by atoms with Crippen molar-refractivity contribution in [1.82, 2.24) is 10.0 Å². The third-order valence-electron chi connectivity index (χ3n) is 1.93. The molecule has 0 aliphatic carbocycles. The fraction of sp³-hybridized carbons (Fsp3) is 0.889. The molecule has 9 heteroatoms. The largest absolute Gasteiger partial charge is 0.383 e. The Bertz CT molecular complexity index is 322. The van der Waals surface area contributed by atoms with Crippen molar-refractivity contribution in [3.05, 3.63) is 0 Å². The highest BCUT2D eigenvalue weighted by atomic mass is 127. The fourth-order valence-corrected chi connectivity index (χ4v) is 1.60. The monoisotopic (exact) mass is 394 g/mol. The molecule has 0 spiro atoms. The predicted molar refractivity (Wildman–Crippen MR) is 83.9 cm³/mol. The van der Waals surface area contributed by atoms with Gasteiger partial charge < -0.3 is 15.8 Å². The minimum absolute atomic E-state index is 0. The number of methoxy groups -OCH3 is 1. The van der Waals surface area contributed by atoms with Crippen molar-refractivity contribution in [2.24, 2.45) is 10.7 Å². The summed E-state index contributed by atoms with van der Waals surface area (Å²) in [5, 5.41) is 2.87. The summed E-state index contributed by atoms with van der Waals surface area (Å²) in [5.41, 5.74) is 5.55. The van der Waals surface area contributed by atoms with Crippen LogP contribution in [0, 0.1) is 0 Å². The van der Waals surface area contributed by atoms with Gasteiger partial charge in [-0.3, -0.25) is 4.99 Å². The smallest absolute Gasteiger partial charge is 0.211 e. The molecule has 0 aromatic heterocycles. The molecule has 0 heterocycles. The zero-order valence-electron chi connectivity index (χ0n) is 10.8. The van der Waals surface area contributed by atoms with E-state index in [0.717, 1.165) is 0 Å². The molecular weight excluding hydrogens is 371 g/mol. The highest BCUT2D eigenvalue weighted by Crippen LogP contribution is 1.85. The standard InChI is InChI=1S/C9H22N4O3S.HI/c1-3-17(14,15)13-6-4-5-11-9(10)12-7-8-16-2;/h13H,3-8H2,1-2H3,(H3,10,11,12);1H. The Labute approximate surface area is 126 Å². The second kappa shape index (κ2) is 11.9. The van der Waals surface area contributed by atoms with Crippen molar-refractivity contribution in [2.45, 2.75) is 13.3 Å². The van der Waals surface area contributed by atoms with Crippen molar-refractivity contribution in [2.75, 3.05) is 39.1 Å². The Morgan fingerprint density at radius 2 is 2.06 bits per heavy atom. The van der Waals surface area contributed by atoms with Crippen LogP contribution in [0.2, 0.25) is 0 Å². The lowest BCUT2D eigenvalue weighted by atomic mass is 10.4. The van der Waals surface area contributed by atoms with Crippen LogP contribution in [-0.2, 0) is 14.8 Å². The Balaban J connectivity index is 0. The highest BCUT2D eigenvalue weighted by Gasteiger charge is 2.03. The second-order valence-electron chi connectivity index (χ2n) is 3.34. The van der Waals surface area contributed by atoms with Crippen LogP contribution in [-0.4, -0.2) is 53.5 Å². The van der Waals surface area contributed by atoms with E-state index in [9.17, 15) is 8.42 Å². The lowest BCUT2D eigenvalue weighted by Gasteiger charge is -2.05. The molecule has 7 nitrogen and oxygen atoms in total. The first-order valence-electron chi connectivity index (χ1n) is 5.52. The first-order chi connectivity index (χ1) is 8.02. The van der Waals surface area contributed by atoms with Crippen LogP contribution in [0.25, 0.3) is 0 Å². The Hall–Kier alpha value is -0.130. The van der Waals surface area contributed by atoms with E-state index in [1.54, 1.807) is 14.0 Å². The number of sulfonamides is 1.